The van der Waals surface area contributed by atoms with Gasteiger partial charge in [0.25, 0.3) is 0 Å². The average molecular weight is 370 g/mol. The lowest BCUT2D eigenvalue weighted by Gasteiger charge is -2.26. The van der Waals surface area contributed by atoms with Gasteiger partial charge in [-0.05, 0) is 69.0 Å². The van der Waals surface area contributed by atoms with E-state index in [0.717, 1.165) is 29.7 Å². The van der Waals surface area contributed by atoms with Crippen LogP contribution in [-0.2, 0) is 6.54 Å². The lowest BCUT2D eigenvalue weighted by atomic mass is 10.1. The molecule has 0 spiro atoms. The minimum Gasteiger partial charge on any atom is -0.491 e. The topological polar surface area (TPSA) is 41.6 Å². The normalized spacial score (nSPS) is 14.7. The molecule has 1 fully saturated rings. The molecule has 27 heavy (non-hydrogen) atoms. The molecule has 0 saturated heterocycles. The number of carbonyl (C=O) groups excluding carboxylic acids is 1. The molecule has 2 amide bonds. The SMILES string of the molecule is CC(C)Oc1cccc(C(C)NC(=O)N(Cc2ccc(F)cc2)C2CC2)c1. The van der Waals surface area contributed by atoms with Gasteiger partial charge in [0.05, 0.1) is 12.1 Å². The molecule has 0 aliphatic heterocycles. The van der Waals surface area contributed by atoms with Crippen molar-refractivity contribution in [3.8, 4) is 5.75 Å². The maximum absolute atomic E-state index is 13.1. The second-order valence-corrected chi connectivity index (χ2v) is 7.40. The van der Waals surface area contributed by atoms with E-state index in [9.17, 15) is 9.18 Å². The van der Waals surface area contributed by atoms with Crippen LogP contribution < -0.4 is 10.1 Å². The van der Waals surface area contributed by atoms with Crippen molar-refractivity contribution < 1.29 is 13.9 Å². The Morgan fingerprint density at radius 3 is 2.52 bits per heavy atom. The molecule has 144 valence electrons. The first-order valence-corrected chi connectivity index (χ1v) is 9.50. The van der Waals surface area contributed by atoms with Gasteiger partial charge in [0.2, 0.25) is 0 Å². The summed E-state index contributed by atoms with van der Waals surface area (Å²) in [4.78, 5) is 14.7. The maximum atomic E-state index is 13.1. The van der Waals surface area contributed by atoms with E-state index in [0.29, 0.717) is 6.54 Å². The van der Waals surface area contributed by atoms with Crippen LogP contribution in [0.1, 0.15) is 50.8 Å². The van der Waals surface area contributed by atoms with Gasteiger partial charge in [-0.25, -0.2) is 9.18 Å². The van der Waals surface area contributed by atoms with E-state index >= 15 is 0 Å². The first kappa shape index (κ1) is 19.2. The van der Waals surface area contributed by atoms with Crippen molar-refractivity contribution in [1.82, 2.24) is 10.2 Å². The lowest BCUT2D eigenvalue weighted by molar-refractivity contribution is 0.188. The summed E-state index contributed by atoms with van der Waals surface area (Å²) >= 11 is 0. The van der Waals surface area contributed by atoms with Gasteiger partial charge >= 0.3 is 6.03 Å². The number of benzene rings is 2. The summed E-state index contributed by atoms with van der Waals surface area (Å²) in [5.41, 5.74) is 1.93. The number of nitrogens with zero attached hydrogens (tertiary/aromatic N) is 1. The second-order valence-electron chi connectivity index (χ2n) is 7.40. The fourth-order valence-electron chi connectivity index (χ4n) is 3.02. The molecule has 1 aliphatic carbocycles. The highest BCUT2D eigenvalue weighted by molar-refractivity contribution is 5.75. The van der Waals surface area contributed by atoms with Crippen LogP contribution in [-0.4, -0.2) is 23.1 Å². The molecule has 0 radical (unpaired) electrons. The number of hydrogen-bond acceptors (Lipinski definition) is 2. The molecule has 3 rings (SSSR count). The number of nitrogens with one attached hydrogen (secondary N) is 1. The molecule has 2 aromatic rings. The van der Waals surface area contributed by atoms with Crippen molar-refractivity contribution in [2.75, 3.05) is 0 Å². The predicted octanol–water partition coefficient (Wildman–Crippen LogP) is 5.05. The number of halogens is 1. The smallest absolute Gasteiger partial charge is 0.318 e. The van der Waals surface area contributed by atoms with Crippen molar-refractivity contribution in [2.24, 2.45) is 0 Å². The first-order chi connectivity index (χ1) is 12.9. The Bertz CT molecular complexity index is 772. The third-order valence-corrected chi connectivity index (χ3v) is 4.58. The van der Waals surface area contributed by atoms with Gasteiger partial charge in [0.15, 0.2) is 0 Å². The van der Waals surface area contributed by atoms with Gasteiger partial charge in [0.1, 0.15) is 11.6 Å². The highest BCUT2D eigenvalue weighted by Crippen LogP contribution is 2.29. The first-order valence-electron chi connectivity index (χ1n) is 9.50. The molecule has 2 aromatic carbocycles. The van der Waals surface area contributed by atoms with E-state index in [2.05, 4.69) is 5.32 Å². The Hall–Kier alpha value is -2.56. The van der Waals surface area contributed by atoms with Crippen LogP contribution in [0.5, 0.6) is 5.75 Å². The van der Waals surface area contributed by atoms with Gasteiger partial charge < -0.3 is 15.0 Å². The van der Waals surface area contributed by atoms with E-state index in [1.165, 1.54) is 12.1 Å². The Labute approximate surface area is 160 Å². The zero-order valence-corrected chi connectivity index (χ0v) is 16.1. The molecule has 0 aromatic heterocycles. The monoisotopic (exact) mass is 370 g/mol. The van der Waals surface area contributed by atoms with Crippen molar-refractivity contribution in [3.63, 3.8) is 0 Å². The fourth-order valence-corrected chi connectivity index (χ4v) is 3.02. The van der Waals surface area contributed by atoms with E-state index in [4.69, 9.17) is 4.74 Å². The van der Waals surface area contributed by atoms with Crippen LogP contribution in [0.25, 0.3) is 0 Å². The average Bonchev–Trinajstić information content (AvgIpc) is 3.45. The van der Waals surface area contributed by atoms with Crippen LogP contribution in [0.4, 0.5) is 9.18 Å². The number of ether oxygens (including phenoxy) is 1. The second kappa shape index (κ2) is 8.42. The van der Waals surface area contributed by atoms with Crippen LogP contribution >= 0.6 is 0 Å². The molecule has 4 nitrogen and oxygen atoms in total. The summed E-state index contributed by atoms with van der Waals surface area (Å²) < 4.78 is 18.9. The Morgan fingerprint density at radius 2 is 1.89 bits per heavy atom. The van der Waals surface area contributed by atoms with Crippen LogP contribution in [0.15, 0.2) is 48.5 Å². The molecular formula is C22H27FN2O2. The maximum Gasteiger partial charge on any atom is 0.318 e. The van der Waals surface area contributed by atoms with E-state index in [-0.39, 0.29) is 30.0 Å². The third kappa shape index (κ3) is 5.46. The van der Waals surface area contributed by atoms with E-state index in [1.54, 1.807) is 12.1 Å². The van der Waals surface area contributed by atoms with Gasteiger partial charge in [-0.15, -0.1) is 0 Å². The third-order valence-electron chi connectivity index (χ3n) is 4.58. The number of urea groups is 1. The van der Waals surface area contributed by atoms with Gasteiger partial charge in [0, 0.05) is 12.6 Å². The summed E-state index contributed by atoms with van der Waals surface area (Å²) in [5, 5.41) is 3.09. The standard InChI is InChI=1S/C22H27FN2O2/c1-15(2)27-21-6-4-5-18(13-21)16(3)24-22(26)25(20-11-12-20)14-17-7-9-19(23)10-8-17/h4-10,13,15-16,20H,11-12,14H2,1-3H3,(H,24,26). The number of amides is 2. The minimum atomic E-state index is -0.265. The predicted molar refractivity (Wildman–Crippen MR) is 104 cm³/mol. The zero-order chi connectivity index (χ0) is 19.4. The highest BCUT2D eigenvalue weighted by Gasteiger charge is 2.33. The number of carbonyl (C=O) groups is 1. The van der Waals surface area contributed by atoms with Gasteiger partial charge in [-0.3, -0.25) is 0 Å². The lowest BCUT2D eigenvalue weighted by Crippen LogP contribution is -2.41. The molecule has 1 N–H and O–H groups in total. The Balaban J connectivity index is 1.65. The Morgan fingerprint density at radius 1 is 1.19 bits per heavy atom. The van der Waals surface area contributed by atoms with Crippen LogP contribution in [0, 0.1) is 5.82 Å². The molecule has 1 unspecified atom stereocenters. The quantitative estimate of drug-likeness (QED) is 0.741. The molecule has 5 heteroatoms. The molecule has 1 atom stereocenters. The summed E-state index contributed by atoms with van der Waals surface area (Å²) in [6.45, 7) is 6.43. The molecule has 0 bridgehead atoms. The van der Waals surface area contributed by atoms with Crippen molar-refractivity contribution in [2.45, 2.75) is 58.3 Å². The summed E-state index contributed by atoms with van der Waals surface area (Å²) in [7, 11) is 0. The van der Waals surface area contributed by atoms with Crippen molar-refractivity contribution >= 4 is 6.03 Å². The van der Waals surface area contributed by atoms with Crippen LogP contribution in [0.3, 0.4) is 0 Å². The molecular weight excluding hydrogens is 343 g/mol. The van der Waals surface area contributed by atoms with Gasteiger partial charge in [-0.2, -0.15) is 0 Å². The number of rotatable bonds is 7. The molecule has 1 aliphatic rings. The van der Waals surface area contributed by atoms with Crippen LogP contribution in [0.2, 0.25) is 0 Å². The molecule has 1 saturated carbocycles. The summed E-state index contributed by atoms with van der Waals surface area (Å²) in [6, 6.07) is 14.2. The molecule has 0 heterocycles. The largest absolute Gasteiger partial charge is 0.491 e. The van der Waals surface area contributed by atoms with Crippen molar-refractivity contribution in [1.29, 1.82) is 0 Å². The van der Waals surface area contributed by atoms with E-state index < -0.39 is 0 Å². The zero-order valence-electron chi connectivity index (χ0n) is 16.1. The summed E-state index contributed by atoms with van der Waals surface area (Å²) in [5.74, 6) is 0.534. The fraction of sp³-hybridized carbons (Fsp3) is 0.409. The van der Waals surface area contributed by atoms with Gasteiger partial charge in [-0.1, -0.05) is 24.3 Å². The highest BCUT2D eigenvalue weighted by atomic mass is 19.1. The number of hydrogen-bond donors (Lipinski definition) is 1. The van der Waals surface area contributed by atoms with Crippen molar-refractivity contribution in [3.05, 3.63) is 65.5 Å². The minimum absolute atomic E-state index is 0.0930. The Kier molecular flexibility index (Phi) is 5.99. The van der Waals surface area contributed by atoms with E-state index in [1.807, 2.05) is 49.9 Å². The summed E-state index contributed by atoms with van der Waals surface area (Å²) in [6.07, 6.45) is 2.13.